The molecule has 2 aromatic rings. The minimum Gasteiger partial charge on any atom is -0.492 e. The second-order valence-electron chi connectivity index (χ2n) is 4.41. The van der Waals surface area contributed by atoms with Gasteiger partial charge in [0.1, 0.15) is 18.1 Å². The summed E-state index contributed by atoms with van der Waals surface area (Å²) in [5.74, 6) is 1.27. The summed E-state index contributed by atoms with van der Waals surface area (Å²) < 4.78 is 10.7. The van der Waals surface area contributed by atoms with Gasteiger partial charge in [0.2, 0.25) is 5.91 Å². The SMILES string of the molecule is CN(CCOc1ccc(Cl)cc1)C(=O)C=Cc1ccco1. The monoisotopic (exact) mass is 305 g/mol. The molecule has 0 aliphatic heterocycles. The third-order valence-electron chi connectivity index (χ3n) is 2.82. The highest BCUT2D eigenvalue weighted by molar-refractivity contribution is 6.30. The molecule has 0 radical (unpaired) electrons. The average Bonchev–Trinajstić information content (AvgIpc) is 3.00. The zero-order valence-electron chi connectivity index (χ0n) is 11.7. The van der Waals surface area contributed by atoms with Gasteiger partial charge in [-0.1, -0.05) is 11.6 Å². The Hall–Kier alpha value is -2.20. The molecule has 0 saturated heterocycles. The Balaban J connectivity index is 1.74. The predicted molar refractivity (Wildman–Crippen MR) is 82.3 cm³/mol. The molecule has 1 heterocycles. The van der Waals surface area contributed by atoms with Crippen LogP contribution >= 0.6 is 11.6 Å². The maximum absolute atomic E-state index is 11.8. The highest BCUT2D eigenvalue weighted by Crippen LogP contribution is 2.15. The first-order chi connectivity index (χ1) is 10.1. The number of nitrogens with zero attached hydrogens (tertiary/aromatic N) is 1. The van der Waals surface area contributed by atoms with E-state index in [4.69, 9.17) is 20.8 Å². The van der Waals surface area contributed by atoms with Crippen LogP contribution in [0.25, 0.3) is 6.08 Å². The Kier molecular flexibility index (Phi) is 5.46. The summed E-state index contributed by atoms with van der Waals surface area (Å²) in [5, 5.41) is 0.665. The quantitative estimate of drug-likeness (QED) is 0.767. The van der Waals surface area contributed by atoms with E-state index in [2.05, 4.69) is 0 Å². The van der Waals surface area contributed by atoms with Crippen molar-refractivity contribution in [3.8, 4) is 5.75 Å². The lowest BCUT2D eigenvalue weighted by atomic mass is 10.3. The van der Waals surface area contributed by atoms with Crippen LogP contribution < -0.4 is 4.74 Å². The van der Waals surface area contributed by atoms with E-state index in [0.717, 1.165) is 5.75 Å². The summed E-state index contributed by atoms with van der Waals surface area (Å²) in [6.07, 6.45) is 4.67. The van der Waals surface area contributed by atoms with Crippen molar-refractivity contribution < 1.29 is 13.9 Å². The number of carbonyl (C=O) groups is 1. The van der Waals surface area contributed by atoms with Gasteiger partial charge in [0, 0.05) is 18.1 Å². The second kappa shape index (κ2) is 7.55. The normalized spacial score (nSPS) is 10.8. The molecule has 5 heteroatoms. The number of carbonyl (C=O) groups excluding carboxylic acids is 1. The van der Waals surface area contributed by atoms with Crippen molar-refractivity contribution in [1.29, 1.82) is 0 Å². The first-order valence-electron chi connectivity index (χ1n) is 6.50. The van der Waals surface area contributed by atoms with Crippen molar-refractivity contribution in [2.75, 3.05) is 20.2 Å². The van der Waals surface area contributed by atoms with Crippen LogP contribution in [-0.2, 0) is 4.79 Å². The Morgan fingerprint density at radius 3 is 2.76 bits per heavy atom. The number of furan rings is 1. The fourth-order valence-electron chi connectivity index (χ4n) is 1.61. The number of benzene rings is 1. The number of hydrogen-bond donors (Lipinski definition) is 0. The van der Waals surface area contributed by atoms with Crippen LogP contribution in [0.2, 0.25) is 5.02 Å². The number of likely N-dealkylation sites (N-methyl/N-ethyl adjacent to an activating group) is 1. The smallest absolute Gasteiger partial charge is 0.246 e. The molecule has 0 bridgehead atoms. The second-order valence-corrected chi connectivity index (χ2v) is 4.85. The van der Waals surface area contributed by atoms with Gasteiger partial charge in [0.05, 0.1) is 12.8 Å². The molecule has 0 aliphatic carbocycles. The van der Waals surface area contributed by atoms with Gasteiger partial charge < -0.3 is 14.1 Å². The van der Waals surface area contributed by atoms with Crippen molar-refractivity contribution in [2.45, 2.75) is 0 Å². The van der Waals surface area contributed by atoms with Crippen molar-refractivity contribution in [3.63, 3.8) is 0 Å². The van der Waals surface area contributed by atoms with E-state index in [1.54, 1.807) is 60.7 Å². The molecule has 0 spiro atoms. The molecule has 2 rings (SSSR count). The van der Waals surface area contributed by atoms with Crippen LogP contribution in [0.15, 0.2) is 53.2 Å². The maximum atomic E-state index is 11.8. The van der Waals surface area contributed by atoms with Gasteiger partial charge in [-0.2, -0.15) is 0 Å². The zero-order valence-corrected chi connectivity index (χ0v) is 12.4. The van der Waals surface area contributed by atoms with E-state index in [9.17, 15) is 4.79 Å². The summed E-state index contributed by atoms with van der Waals surface area (Å²) >= 11 is 5.79. The van der Waals surface area contributed by atoms with E-state index in [-0.39, 0.29) is 5.91 Å². The molecule has 0 fully saturated rings. The maximum Gasteiger partial charge on any atom is 0.246 e. The van der Waals surface area contributed by atoms with Crippen molar-refractivity contribution in [3.05, 3.63) is 59.5 Å². The summed E-state index contributed by atoms with van der Waals surface area (Å²) in [6.45, 7) is 0.905. The molecule has 0 aliphatic rings. The number of amides is 1. The molecule has 0 saturated carbocycles. The molecule has 110 valence electrons. The molecular weight excluding hydrogens is 290 g/mol. The molecule has 21 heavy (non-hydrogen) atoms. The minimum atomic E-state index is -0.105. The Labute approximate surface area is 128 Å². The fraction of sp³-hybridized carbons (Fsp3) is 0.188. The van der Waals surface area contributed by atoms with Gasteiger partial charge in [0.25, 0.3) is 0 Å². The molecule has 1 amide bonds. The van der Waals surface area contributed by atoms with E-state index in [1.807, 2.05) is 0 Å². The predicted octanol–water partition coefficient (Wildman–Crippen LogP) is 3.48. The summed E-state index contributed by atoms with van der Waals surface area (Å²) in [5.41, 5.74) is 0. The van der Waals surface area contributed by atoms with Gasteiger partial charge in [-0.25, -0.2) is 0 Å². The van der Waals surface area contributed by atoms with Gasteiger partial charge in [0.15, 0.2) is 0 Å². The largest absolute Gasteiger partial charge is 0.492 e. The highest BCUT2D eigenvalue weighted by Gasteiger charge is 2.05. The van der Waals surface area contributed by atoms with Crippen molar-refractivity contribution in [1.82, 2.24) is 4.90 Å². The first-order valence-corrected chi connectivity index (χ1v) is 6.88. The van der Waals surface area contributed by atoms with E-state index in [0.29, 0.717) is 23.9 Å². The van der Waals surface area contributed by atoms with E-state index in [1.165, 1.54) is 6.08 Å². The van der Waals surface area contributed by atoms with Gasteiger partial charge in [-0.15, -0.1) is 0 Å². The molecule has 1 aromatic heterocycles. The summed E-state index contributed by atoms with van der Waals surface area (Å²) in [4.78, 5) is 13.4. The van der Waals surface area contributed by atoms with Crippen LogP contribution in [0.1, 0.15) is 5.76 Å². The van der Waals surface area contributed by atoms with E-state index >= 15 is 0 Å². The summed E-state index contributed by atoms with van der Waals surface area (Å²) in [7, 11) is 1.72. The highest BCUT2D eigenvalue weighted by atomic mass is 35.5. The van der Waals surface area contributed by atoms with Crippen LogP contribution in [0.5, 0.6) is 5.75 Å². The zero-order chi connectivity index (χ0) is 15.1. The molecule has 0 unspecified atom stereocenters. The van der Waals surface area contributed by atoms with Crippen LogP contribution in [0.4, 0.5) is 0 Å². The van der Waals surface area contributed by atoms with Crippen molar-refractivity contribution in [2.24, 2.45) is 0 Å². The molecule has 0 N–H and O–H groups in total. The summed E-state index contributed by atoms with van der Waals surface area (Å²) in [6, 6.07) is 10.7. The Morgan fingerprint density at radius 2 is 2.10 bits per heavy atom. The van der Waals surface area contributed by atoms with Crippen LogP contribution in [0, 0.1) is 0 Å². The van der Waals surface area contributed by atoms with Crippen LogP contribution in [-0.4, -0.2) is 31.0 Å². The Morgan fingerprint density at radius 1 is 1.33 bits per heavy atom. The standard InChI is InChI=1S/C16H16ClNO3/c1-18(16(19)9-8-14-3-2-11-20-14)10-12-21-15-6-4-13(17)5-7-15/h2-9,11H,10,12H2,1H3. The molecule has 1 aromatic carbocycles. The third-order valence-corrected chi connectivity index (χ3v) is 3.07. The fourth-order valence-corrected chi connectivity index (χ4v) is 1.73. The third kappa shape index (κ3) is 5.00. The number of halogens is 1. The molecular formula is C16H16ClNO3. The lowest BCUT2D eigenvalue weighted by Gasteiger charge is -2.15. The van der Waals surface area contributed by atoms with Crippen LogP contribution in [0.3, 0.4) is 0 Å². The molecule has 4 nitrogen and oxygen atoms in total. The van der Waals surface area contributed by atoms with Gasteiger partial charge in [-0.3, -0.25) is 4.79 Å². The van der Waals surface area contributed by atoms with Gasteiger partial charge in [-0.05, 0) is 42.5 Å². The first kappa shape index (κ1) is 15.2. The van der Waals surface area contributed by atoms with Gasteiger partial charge >= 0.3 is 0 Å². The molecule has 0 atom stereocenters. The number of hydrogen-bond acceptors (Lipinski definition) is 3. The minimum absolute atomic E-state index is 0.105. The number of ether oxygens (including phenoxy) is 1. The van der Waals surface area contributed by atoms with Crippen molar-refractivity contribution >= 4 is 23.6 Å². The Bertz CT molecular complexity index is 590. The number of rotatable bonds is 6. The lowest BCUT2D eigenvalue weighted by molar-refractivity contribution is -0.125. The topological polar surface area (TPSA) is 42.7 Å². The average molecular weight is 306 g/mol. The van der Waals surface area contributed by atoms with E-state index < -0.39 is 0 Å². The lowest BCUT2D eigenvalue weighted by Crippen LogP contribution is -2.29.